The fourth-order valence-electron chi connectivity index (χ4n) is 3.60. The monoisotopic (exact) mass is 355 g/mol. The number of fused-ring (bicyclic) bond motifs is 1. The Bertz CT molecular complexity index is 826. The number of aryl methyl sites for hydroxylation is 1. The zero-order chi connectivity index (χ0) is 17.9. The van der Waals surface area contributed by atoms with E-state index < -0.39 is 10.0 Å². The number of benzene rings is 2. The first-order chi connectivity index (χ1) is 12.1. The van der Waals surface area contributed by atoms with Crippen molar-refractivity contribution in [2.24, 2.45) is 7.05 Å². The van der Waals surface area contributed by atoms with Crippen LogP contribution >= 0.6 is 10.0 Å². The second kappa shape index (κ2) is 7.57. The van der Waals surface area contributed by atoms with Crippen molar-refractivity contribution in [2.75, 3.05) is 17.3 Å². The highest BCUT2D eigenvalue weighted by Gasteiger charge is 2.24. The van der Waals surface area contributed by atoms with Crippen LogP contribution in [0.25, 0.3) is 10.9 Å². The second-order valence-corrected chi connectivity index (χ2v) is 10.7. The van der Waals surface area contributed by atoms with Crippen LogP contribution in [0.2, 0.25) is 0 Å². The lowest BCUT2D eigenvalue weighted by Gasteiger charge is -2.37. The van der Waals surface area contributed by atoms with Gasteiger partial charge in [-0.3, -0.25) is 0 Å². The van der Waals surface area contributed by atoms with Gasteiger partial charge in [0.2, 0.25) is 0 Å². The maximum absolute atomic E-state index is 6.01. The molecule has 0 aliphatic heterocycles. The number of rotatable bonds is 7. The van der Waals surface area contributed by atoms with E-state index in [0.717, 1.165) is 5.75 Å². The molecule has 0 amide bonds. The number of ether oxygens (including phenoxy) is 1. The predicted molar refractivity (Wildman–Crippen MR) is 111 cm³/mol. The van der Waals surface area contributed by atoms with Crippen molar-refractivity contribution in [1.82, 2.24) is 4.57 Å². The van der Waals surface area contributed by atoms with Gasteiger partial charge in [0, 0.05) is 18.0 Å². The molecular weight excluding hydrogens is 326 g/mol. The largest absolute Gasteiger partial charge is 0.489 e. The average molecular weight is 356 g/mol. The van der Waals surface area contributed by atoms with Crippen LogP contribution < -0.4 is 4.74 Å². The fraction of sp³-hybridized carbons (Fsp3) is 0.364. The molecule has 3 heteroatoms. The third-order valence-electron chi connectivity index (χ3n) is 5.32. The van der Waals surface area contributed by atoms with E-state index in [1.165, 1.54) is 38.8 Å². The minimum atomic E-state index is -0.727. The molecule has 0 N–H and O–H groups in total. The number of aromatic nitrogens is 1. The minimum Gasteiger partial charge on any atom is -0.489 e. The van der Waals surface area contributed by atoms with Crippen LogP contribution in [-0.2, 0) is 13.7 Å². The lowest BCUT2D eigenvalue weighted by Crippen LogP contribution is -2.12. The summed E-state index contributed by atoms with van der Waals surface area (Å²) in [4.78, 5) is 0. The SMILES string of the molecule is CCS(CC)(CC)c1cc2cc(OCc3ccccc3)ccc2n1C. The molecule has 1 heterocycles. The normalized spacial score (nSPS) is 12.5. The molecule has 0 bridgehead atoms. The topological polar surface area (TPSA) is 14.2 Å². The molecule has 0 saturated carbocycles. The van der Waals surface area contributed by atoms with E-state index in [1.54, 1.807) is 0 Å². The summed E-state index contributed by atoms with van der Waals surface area (Å²) in [6.07, 6.45) is 0. The molecule has 0 saturated heterocycles. The lowest BCUT2D eigenvalue weighted by atomic mass is 10.2. The molecule has 25 heavy (non-hydrogen) atoms. The molecule has 2 aromatic carbocycles. The van der Waals surface area contributed by atoms with Gasteiger partial charge in [-0.2, -0.15) is 0 Å². The van der Waals surface area contributed by atoms with Crippen LogP contribution in [0.15, 0.2) is 59.6 Å². The van der Waals surface area contributed by atoms with Crippen molar-refractivity contribution < 1.29 is 4.74 Å². The van der Waals surface area contributed by atoms with Gasteiger partial charge in [-0.25, -0.2) is 10.0 Å². The van der Waals surface area contributed by atoms with Crippen LogP contribution in [-0.4, -0.2) is 21.8 Å². The first-order valence-corrected chi connectivity index (χ1v) is 11.3. The van der Waals surface area contributed by atoms with Crippen molar-refractivity contribution in [3.63, 3.8) is 0 Å². The van der Waals surface area contributed by atoms with E-state index in [0.29, 0.717) is 6.61 Å². The zero-order valence-corrected chi connectivity index (χ0v) is 16.6. The van der Waals surface area contributed by atoms with Gasteiger partial charge in [-0.05, 0) is 47.1 Å². The standard InChI is InChI=1S/C22H29NOS/c1-5-25(6-2,7-3)22-16-19-15-20(13-14-21(19)23(22)4)24-17-18-11-9-8-10-12-18/h8-16H,5-7,17H2,1-4H3. The maximum Gasteiger partial charge on any atom is 0.120 e. The zero-order valence-electron chi connectivity index (χ0n) is 15.8. The van der Waals surface area contributed by atoms with Gasteiger partial charge >= 0.3 is 0 Å². The first kappa shape index (κ1) is 17.9. The van der Waals surface area contributed by atoms with Crippen molar-refractivity contribution in [1.29, 1.82) is 0 Å². The molecule has 0 spiro atoms. The van der Waals surface area contributed by atoms with Gasteiger partial charge in [0.1, 0.15) is 12.4 Å². The van der Waals surface area contributed by atoms with Crippen LogP contribution in [0.4, 0.5) is 0 Å². The Balaban J connectivity index is 1.91. The smallest absolute Gasteiger partial charge is 0.120 e. The summed E-state index contributed by atoms with van der Waals surface area (Å²) in [5, 5.41) is 2.81. The summed E-state index contributed by atoms with van der Waals surface area (Å²) in [6, 6.07) is 19.2. The molecular formula is C22H29NOS. The minimum absolute atomic E-state index is 0.611. The molecule has 0 atom stereocenters. The molecule has 3 aromatic rings. The third kappa shape index (κ3) is 3.43. The molecule has 0 radical (unpaired) electrons. The number of hydrogen-bond donors (Lipinski definition) is 0. The van der Waals surface area contributed by atoms with E-state index in [2.05, 4.69) is 68.8 Å². The van der Waals surface area contributed by atoms with Crippen molar-refractivity contribution in [3.05, 3.63) is 60.2 Å². The highest BCUT2D eigenvalue weighted by molar-refractivity contribution is 8.33. The van der Waals surface area contributed by atoms with E-state index in [9.17, 15) is 0 Å². The second-order valence-electron chi connectivity index (χ2n) is 6.45. The van der Waals surface area contributed by atoms with E-state index in [4.69, 9.17) is 4.74 Å². The number of nitrogens with zero attached hydrogens (tertiary/aromatic N) is 1. The van der Waals surface area contributed by atoms with Gasteiger partial charge in [0.05, 0.1) is 5.03 Å². The molecule has 0 aliphatic rings. The fourth-order valence-corrected chi connectivity index (χ4v) is 6.77. The van der Waals surface area contributed by atoms with E-state index in [1.807, 2.05) is 18.2 Å². The predicted octanol–water partition coefficient (Wildman–Crippen LogP) is 5.98. The van der Waals surface area contributed by atoms with Crippen LogP contribution in [0.1, 0.15) is 26.3 Å². The summed E-state index contributed by atoms with van der Waals surface area (Å²) in [7, 11) is 1.49. The Kier molecular flexibility index (Phi) is 5.43. The van der Waals surface area contributed by atoms with Gasteiger partial charge in [0.25, 0.3) is 0 Å². The van der Waals surface area contributed by atoms with E-state index in [-0.39, 0.29) is 0 Å². The molecule has 134 valence electrons. The summed E-state index contributed by atoms with van der Waals surface area (Å²) in [5.41, 5.74) is 2.50. The maximum atomic E-state index is 6.01. The summed E-state index contributed by atoms with van der Waals surface area (Å²) in [5.74, 6) is 4.70. The Morgan fingerprint density at radius 1 is 0.880 bits per heavy atom. The van der Waals surface area contributed by atoms with Gasteiger partial charge < -0.3 is 9.30 Å². The van der Waals surface area contributed by atoms with Crippen LogP contribution in [0, 0.1) is 0 Å². The molecule has 0 aliphatic carbocycles. The lowest BCUT2D eigenvalue weighted by molar-refractivity contribution is 0.306. The Morgan fingerprint density at radius 3 is 2.20 bits per heavy atom. The highest BCUT2D eigenvalue weighted by atomic mass is 32.3. The van der Waals surface area contributed by atoms with Gasteiger partial charge in [0.15, 0.2) is 0 Å². The highest BCUT2D eigenvalue weighted by Crippen LogP contribution is 2.56. The molecule has 0 fully saturated rings. The van der Waals surface area contributed by atoms with Crippen molar-refractivity contribution in [2.45, 2.75) is 32.4 Å². The Labute approximate surface area is 153 Å². The molecule has 1 aromatic heterocycles. The summed E-state index contributed by atoms with van der Waals surface area (Å²) >= 11 is 0. The Hall–Kier alpha value is -1.87. The summed E-state index contributed by atoms with van der Waals surface area (Å²) in [6.45, 7) is 7.64. The molecule has 2 nitrogen and oxygen atoms in total. The summed E-state index contributed by atoms with van der Waals surface area (Å²) < 4.78 is 8.42. The Morgan fingerprint density at radius 2 is 1.56 bits per heavy atom. The van der Waals surface area contributed by atoms with Crippen molar-refractivity contribution in [3.8, 4) is 5.75 Å². The van der Waals surface area contributed by atoms with Crippen LogP contribution in [0.3, 0.4) is 0 Å². The molecule has 0 unspecified atom stereocenters. The quantitative estimate of drug-likeness (QED) is 0.508. The van der Waals surface area contributed by atoms with Gasteiger partial charge in [-0.1, -0.05) is 51.1 Å². The third-order valence-corrected chi connectivity index (χ3v) is 9.91. The van der Waals surface area contributed by atoms with Gasteiger partial charge in [-0.15, -0.1) is 0 Å². The van der Waals surface area contributed by atoms with Crippen LogP contribution in [0.5, 0.6) is 5.75 Å². The van der Waals surface area contributed by atoms with E-state index >= 15 is 0 Å². The van der Waals surface area contributed by atoms with Crippen molar-refractivity contribution >= 4 is 20.9 Å². The average Bonchev–Trinajstić information content (AvgIpc) is 3.00. The number of hydrogen-bond acceptors (Lipinski definition) is 1. The first-order valence-electron chi connectivity index (χ1n) is 9.16. The molecule has 3 rings (SSSR count).